The van der Waals surface area contributed by atoms with Gasteiger partial charge in [-0.05, 0) is 41.5 Å². The summed E-state index contributed by atoms with van der Waals surface area (Å²) in [4.78, 5) is 4.59. The molecule has 0 saturated heterocycles. The van der Waals surface area contributed by atoms with Gasteiger partial charge in [-0.15, -0.1) is 0 Å². The molecule has 0 amide bonds. The molecule has 2 nitrogen and oxygen atoms in total. The smallest absolute Gasteiger partial charge is 0.134 e. The molecule has 2 aromatic rings. The Morgan fingerprint density at radius 1 is 1.00 bits per heavy atom. The number of nitrogens with zero attached hydrogens (tertiary/aromatic N) is 1. The molecule has 1 aliphatic rings. The van der Waals surface area contributed by atoms with Crippen molar-refractivity contribution in [2.24, 2.45) is 10.8 Å². The first-order valence-electron chi connectivity index (χ1n) is 7.95. The van der Waals surface area contributed by atoms with E-state index in [4.69, 9.17) is 0 Å². The van der Waals surface area contributed by atoms with E-state index in [1.54, 1.807) is 0 Å². The highest BCUT2D eigenvalue weighted by Gasteiger charge is 2.38. The maximum atomic E-state index is 4.59. The van der Waals surface area contributed by atoms with Gasteiger partial charge in [-0.25, -0.2) is 4.98 Å². The number of anilines is 1. The summed E-state index contributed by atoms with van der Waals surface area (Å²) in [7, 11) is 0. The van der Waals surface area contributed by atoms with Gasteiger partial charge in [-0.1, -0.05) is 52.0 Å². The highest BCUT2D eigenvalue weighted by Crippen LogP contribution is 2.46. The van der Waals surface area contributed by atoms with Crippen molar-refractivity contribution in [1.29, 1.82) is 0 Å². The fraction of sp³-hybridized carbons (Fsp3) is 0.526. The van der Waals surface area contributed by atoms with Gasteiger partial charge in [0, 0.05) is 17.6 Å². The van der Waals surface area contributed by atoms with Crippen molar-refractivity contribution < 1.29 is 0 Å². The minimum absolute atomic E-state index is 0.393. The number of nitrogens with one attached hydrogen (secondary N) is 1. The van der Waals surface area contributed by atoms with E-state index >= 15 is 0 Å². The standard InChI is InChI=1S/C19H26N2/c1-18(2)11-15(12-19(3,4)13-18)21-17-16-8-6-5-7-14(16)9-10-20-17/h5-10,15H,11-13H2,1-4H3,(H,20,21). The SMILES string of the molecule is CC1(C)CC(Nc2nccc3ccccc23)CC(C)(C)C1. The molecule has 2 heteroatoms. The number of hydrogen-bond acceptors (Lipinski definition) is 2. The predicted molar refractivity (Wildman–Crippen MR) is 90.6 cm³/mol. The first-order valence-corrected chi connectivity index (χ1v) is 7.95. The molecule has 0 aliphatic heterocycles. The van der Waals surface area contributed by atoms with Gasteiger partial charge in [0.15, 0.2) is 0 Å². The second-order valence-electron chi connectivity index (χ2n) is 8.14. The molecule has 1 aromatic heterocycles. The number of pyridine rings is 1. The molecule has 1 aromatic carbocycles. The molecule has 112 valence electrons. The molecule has 1 aliphatic carbocycles. The van der Waals surface area contributed by atoms with E-state index < -0.39 is 0 Å². The molecule has 1 heterocycles. The topological polar surface area (TPSA) is 24.9 Å². The number of rotatable bonds is 2. The van der Waals surface area contributed by atoms with Crippen molar-refractivity contribution in [2.75, 3.05) is 5.32 Å². The van der Waals surface area contributed by atoms with E-state index in [2.05, 4.69) is 68.3 Å². The van der Waals surface area contributed by atoms with Crippen LogP contribution in [0.25, 0.3) is 10.8 Å². The molecule has 0 atom stereocenters. The molecule has 3 rings (SSSR count). The molecule has 1 fully saturated rings. The summed E-state index contributed by atoms with van der Waals surface area (Å²) < 4.78 is 0. The van der Waals surface area contributed by atoms with E-state index in [1.807, 2.05) is 6.20 Å². The molecule has 0 radical (unpaired) electrons. The lowest BCUT2D eigenvalue weighted by molar-refractivity contribution is 0.105. The third-order valence-electron chi connectivity index (χ3n) is 4.57. The van der Waals surface area contributed by atoms with Crippen molar-refractivity contribution >= 4 is 16.6 Å². The Morgan fingerprint density at radius 3 is 2.38 bits per heavy atom. The third kappa shape index (κ3) is 3.20. The van der Waals surface area contributed by atoms with Gasteiger partial charge in [0.25, 0.3) is 0 Å². The van der Waals surface area contributed by atoms with Crippen LogP contribution in [-0.4, -0.2) is 11.0 Å². The van der Waals surface area contributed by atoms with Gasteiger partial charge < -0.3 is 5.32 Å². The monoisotopic (exact) mass is 282 g/mol. The largest absolute Gasteiger partial charge is 0.367 e. The van der Waals surface area contributed by atoms with E-state index in [1.165, 1.54) is 30.0 Å². The zero-order valence-corrected chi connectivity index (χ0v) is 13.6. The Balaban J connectivity index is 1.88. The van der Waals surface area contributed by atoms with Crippen molar-refractivity contribution in [2.45, 2.75) is 53.0 Å². The van der Waals surface area contributed by atoms with E-state index in [0.717, 1.165) is 5.82 Å². The Bertz CT molecular complexity index is 622. The number of aromatic nitrogens is 1. The van der Waals surface area contributed by atoms with Crippen molar-refractivity contribution in [3.63, 3.8) is 0 Å². The molecular weight excluding hydrogens is 256 g/mol. The predicted octanol–water partition coefficient (Wildman–Crippen LogP) is 5.25. The lowest BCUT2D eigenvalue weighted by atomic mass is 9.63. The molecule has 1 N–H and O–H groups in total. The van der Waals surface area contributed by atoms with Gasteiger partial charge in [0.2, 0.25) is 0 Å². The van der Waals surface area contributed by atoms with Crippen LogP contribution in [0.15, 0.2) is 36.5 Å². The van der Waals surface area contributed by atoms with Crippen molar-refractivity contribution in [3.8, 4) is 0 Å². The van der Waals surface area contributed by atoms with Crippen LogP contribution in [0.5, 0.6) is 0 Å². The first kappa shape index (κ1) is 14.4. The van der Waals surface area contributed by atoms with Crippen LogP contribution in [0.4, 0.5) is 5.82 Å². The summed E-state index contributed by atoms with van der Waals surface area (Å²) in [5, 5.41) is 6.20. The fourth-order valence-corrected chi connectivity index (χ4v) is 4.38. The molecule has 0 unspecified atom stereocenters. The lowest BCUT2D eigenvalue weighted by Crippen LogP contribution is -2.40. The van der Waals surface area contributed by atoms with Crippen LogP contribution < -0.4 is 5.32 Å². The highest BCUT2D eigenvalue weighted by molar-refractivity contribution is 5.91. The fourth-order valence-electron chi connectivity index (χ4n) is 4.38. The maximum Gasteiger partial charge on any atom is 0.134 e. The maximum absolute atomic E-state index is 4.59. The van der Waals surface area contributed by atoms with Crippen LogP contribution in [0.3, 0.4) is 0 Å². The third-order valence-corrected chi connectivity index (χ3v) is 4.57. The summed E-state index contributed by atoms with van der Waals surface area (Å²) in [6.45, 7) is 9.55. The number of hydrogen-bond donors (Lipinski definition) is 1. The van der Waals surface area contributed by atoms with Gasteiger partial charge in [-0.2, -0.15) is 0 Å². The summed E-state index contributed by atoms with van der Waals surface area (Å²) in [5.41, 5.74) is 0.786. The van der Waals surface area contributed by atoms with Crippen LogP contribution in [-0.2, 0) is 0 Å². The average Bonchev–Trinajstić information content (AvgIpc) is 2.35. The number of fused-ring (bicyclic) bond motifs is 1. The minimum Gasteiger partial charge on any atom is -0.367 e. The summed E-state index contributed by atoms with van der Waals surface area (Å²) in [6, 6.07) is 11.1. The van der Waals surface area contributed by atoms with E-state index in [9.17, 15) is 0 Å². The highest BCUT2D eigenvalue weighted by atomic mass is 15.0. The van der Waals surface area contributed by atoms with Gasteiger partial charge in [-0.3, -0.25) is 0 Å². The summed E-state index contributed by atoms with van der Waals surface area (Å²) in [5.74, 6) is 1.03. The Kier molecular flexibility index (Phi) is 3.43. The van der Waals surface area contributed by atoms with Gasteiger partial charge >= 0.3 is 0 Å². The van der Waals surface area contributed by atoms with Crippen LogP contribution >= 0.6 is 0 Å². The molecule has 0 spiro atoms. The molecule has 21 heavy (non-hydrogen) atoms. The van der Waals surface area contributed by atoms with Crippen molar-refractivity contribution in [3.05, 3.63) is 36.5 Å². The first-order chi connectivity index (χ1) is 9.85. The van der Waals surface area contributed by atoms with Crippen LogP contribution in [0.1, 0.15) is 47.0 Å². The quantitative estimate of drug-likeness (QED) is 0.813. The Hall–Kier alpha value is -1.57. The normalized spacial score (nSPS) is 21.3. The average molecular weight is 282 g/mol. The lowest BCUT2D eigenvalue weighted by Gasteiger charge is -2.45. The molecular formula is C19H26N2. The number of benzene rings is 1. The Morgan fingerprint density at radius 2 is 1.67 bits per heavy atom. The zero-order chi connectivity index (χ0) is 15.1. The van der Waals surface area contributed by atoms with Crippen LogP contribution in [0, 0.1) is 10.8 Å². The van der Waals surface area contributed by atoms with Crippen LogP contribution in [0.2, 0.25) is 0 Å². The summed E-state index contributed by atoms with van der Waals surface area (Å²) in [6.07, 6.45) is 5.62. The van der Waals surface area contributed by atoms with Crippen molar-refractivity contribution in [1.82, 2.24) is 4.98 Å². The minimum atomic E-state index is 0.393. The van der Waals surface area contributed by atoms with E-state index in [-0.39, 0.29) is 0 Å². The molecule has 0 bridgehead atoms. The molecule has 1 saturated carbocycles. The zero-order valence-electron chi connectivity index (χ0n) is 13.6. The Labute approximate surface area is 128 Å². The second-order valence-corrected chi connectivity index (χ2v) is 8.14. The van der Waals surface area contributed by atoms with Gasteiger partial charge in [0.05, 0.1) is 0 Å². The van der Waals surface area contributed by atoms with Gasteiger partial charge in [0.1, 0.15) is 5.82 Å². The van der Waals surface area contributed by atoms with E-state index in [0.29, 0.717) is 16.9 Å². The summed E-state index contributed by atoms with van der Waals surface area (Å²) >= 11 is 0. The second kappa shape index (κ2) is 5.01.